The van der Waals surface area contributed by atoms with Gasteiger partial charge in [0.2, 0.25) is 0 Å². The van der Waals surface area contributed by atoms with E-state index in [2.05, 4.69) is 20.7 Å². The second kappa shape index (κ2) is 6.10. The summed E-state index contributed by atoms with van der Waals surface area (Å²) in [7, 11) is 0. The summed E-state index contributed by atoms with van der Waals surface area (Å²) in [5.74, 6) is 0. The van der Waals surface area contributed by atoms with Crippen molar-refractivity contribution >= 4 is 6.03 Å². The van der Waals surface area contributed by atoms with E-state index in [9.17, 15) is 4.79 Å². The van der Waals surface area contributed by atoms with Crippen LogP contribution in [-0.2, 0) is 0 Å². The molecule has 6 nitrogen and oxygen atoms in total. The molecule has 78 valence electrons. The minimum Gasteiger partial charge on any atom is -0.338 e. The van der Waals surface area contributed by atoms with Crippen molar-refractivity contribution in [1.29, 1.82) is 0 Å². The van der Waals surface area contributed by atoms with Crippen LogP contribution in [0.4, 0.5) is 4.79 Å². The SMILES string of the molecule is [N-]=[N+]=NCCNC(=O)NC1CCCC1. The van der Waals surface area contributed by atoms with Crippen molar-refractivity contribution in [1.82, 2.24) is 10.6 Å². The van der Waals surface area contributed by atoms with E-state index in [1.807, 2.05) is 0 Å². The van der Waals surface area contributed by atoms with Crippen LogP contribution in [0.2, 0.25) is 0 Å². The molecule has 0 atom stereocenters. The van der Waals surface area contributed by atoms with Crippen LogP contribution in [-0.4, -0.2) is 25.2 Å². The third-order valence-corrected chi connectivity index (χ3v) is 2.25. The second-order valence-electron chi connectivity index (χ2n) is 3.34. The fraction of sp³-hybridized carbons (Fsp3) is 0.875. The van der Waals surface area contributed by atoms with Gasteiger partial charge >= 0.3 is 6.03 Å². The predicted molar refractivity (Wildman–Crippen MR) is 52.8 cm³/mol. The zero-order valence-electron chi connectivity index (χ0n) is 8.07. The molecule has 0 aromatic heterocycles. The number of nitrogens with zero attached hydrogens (tertiary/aromatic N) is 3. The first-order chi connectivity index (χ1) is 6.83. The van der Waals surface area contributed by atoms with Crippen LogP contribution in [0.15, 0.2) is 5.11 Å². The fourth-order valence-corrected chi connectivity index (χ4v) is 1.57. The Bertz CT molecular complexity index is 230. The van der Waals surface area contributed by atoms with Crippen molar-refractivity contribution in [2.24, 2.45) is 5.11 Å². The number of hydrogen-bond donors (Lipinski definition) is 2. The molecule has 0 spiro atoms. The van der Waals surface area contributed by atoms with Crippen LogP contribution in [0.1, 0.15) is 25.7 Å². The molecule has 0 aromatic carbocycles. The Kier molecular flexibility index (Phi) is 4.64. The minimum absolute atomic E-state index is 0.162. The highest BCUT2D eigenvalue weighted by atomic mass is 16.2. The van der Waals surface area contributed by atoms with Gasteiger partial charge in [0.1, 0.15) is 0 Å². The lowest BCUT2D eigenvalue weighted by molar-refractivity contribution is 0.237. The molecule has 1 saturated carbocycles. The molecular formula is C8H15N5O. The third kappa shape index (κ3) is 4.00. The Morgan fingerprint density at radius 1 is 1.50 bits per heavy atom. The Hall–Kier alpha value is -1.42. The van der Waals surface area contributed by atoms with Crippen LogP contribution in [0.5, 0.6) is 0 Å². The number of carbonyl (C=O) groups excluding carboxylic acids is 1. The van der Waals surface area contributed by atoms with E-state index in [-0.39, 0.29) is 6.03 Å². The van der Waals surface area contributed by atoms with Gasteiger partial charge in [0.25, 0.3) is 0 Å². The van der Waals surface area contributed by atoms with Crippen LogP contribution < -0.4 is 10.6 Å². The van der Waals surface area contributed by atoms with Crippen LogP contribution in [0.3, 0.4) is 0 Å². The molecule has 1 rings (SSSR count). The fourth-order valence-electron chi connectivity index (χ4n) is 1.57. The average Bonchev–Trinajstić information content (AvgIpc) is 2.65. The summed E-state index contributed by atoms with van der Waals surface area (Å²) >= 11 is 0. The maximum atomic E-state index is 11.2. The standard InChI is InChI=1S/C8H15N5O/c9-13-11-6-5-10-8(14)12-7-3-1-2-4-7/h7H,1-6H2,(H2,10,12,14). The summed E-state index contributed by atoms with van der Waals surface area (Å²) in [5, 5.41) is 8.81. The van der Waals surface area contributed by atoms with Crippen molar-refractivity contribution < 1.29 is 4.79 Å². The second-order valence-corrected chi connectivity index (χ2v) is 3.34. The molecule has 6 heteroatoms. The molecule has 0 aromatic rings. The summed E-state index contributed by atoms with van der Waals surface area (Å²) in [5.41, 5.74) is 7.99. The molecule has 2 amide bonds. The smallest absolute Gasteiger partial charge is 0.315 e. The first-order valence-corrected chi connectivity index (χ1v) is 4.88. The highest BCUT2D eigenvalue weighted by molar-refractivity contribution is 5.74. The van der Waals surface area contributed by atoms with Gasteiger partial charge in [0.15, 0.2) is 0 Å². The van der Waals surface area contributed by atoms with Crippen molar-refractivity contribution in [2.75, 3.05) is 13.1 Å². The van der Waals surface area contributed by atoms with E-state index < -0.39 is 0 Å². The molecule has 0 saturated heterocycles. The predicted octanol–water partition coefficient (Wildman–Crippen LogP) is 1.54. The van der Waals surface area contributed by atoms with Gasteiger partial charge in [0, 0.05) is 24.0 Å². The number of hydrogen-bond acceptors (Lipinski definition) is 2. The van der Waals surface area contributed by atoms with Crippen molar-refractivity contribution in [3.05, 3.63) is 10.4 Å². The molecule has 1 aliphatic rings. The van der Waals surface area contributed by atoms with Gasteiger partial charge in [-0.25, -0.2) is 4.79 Å². The minimum atomic E-state index is -0.162. The summed E-state index contributed by atoms with van der Waals surface area (Å²) in [6.07, 6.45) is 4.54. The van der Waals surface area contributed by atoms with Crippen molar-refractivity contribution in [3.63, 3.8) is 0 Å². The monoisotopic (exact) mass is 197 g/mol. The lowest BCUT2D eigenvalue weighted by Crippen LogP contribution is -2.41. The summed E-state index contributed by atoms with van der Waals surface area (Å²) in [6.45, 7) is 0.692. The molecule has 0 heterocycles. The lowest BCUT2D eigenvalue weighted by atomic mass is 10.2. The van der Waals surface area contributed by atoms with E-state index in [4.69, 9.17) is 5.53 Å². The molecule has 2 N–H and O–H groups in total. The van der Waals surface area contributed by atoms with E-state index in [1.54, 1.807) is 0 Å². The summed E-state index contributed by atoms with van der Waals surface area (Å²) in [6, 6.07) is 0.166. The molecule has 0 radical (unpaired) electrons. The molecule has 14 heavy (non-hydrogen) atoms. The number of urea groups is 1. The Morgan fingerprint density at radius 3 is 2.86 bits per heavy atom. The van der Waals surface area contributed by atoms with Crippen LogP contribution in [0, 0.1) is 0 Å². The van der Waals surface area contributed by atoms with E-state index in [0.29, 0.717) is 19.1 Å². The van der Waals surface area contributed by atoms with Gasteiger partial charge in [-0.3, -0.25) is 0 Å². The lowest BCUT2D eigenvalue weighted by Gasteiger charge is -2.11. The van der Waals surface area contributed by atoms with Crippen LogP contribution in [0.25, 0.3) is 10.4 Å². The van der Waals surface area contributed by atoms with Crippen molar-refractivity contribution in [3.8, 4) is 0 Å². The molecular weight excluding hydrogens is 182 g/mol. The normalized spacial score (nSPS) is 16.0. The van der Waals surface area contributed by atoms with Gasteiger partial charge in [-0.2, -0.15) is 0 Å². The Labute approximate surface area is 82.7 Å². The number of azide groups is 1. The average molecular weight is 197 g/mol. The number of amides is 2. The molecule has 0 unspecified atom stereocenters. The summed E-state index contributed by atoms with van der Waals surface area (Å²) in [4.78, 5) is 13.8. The van der Waals surface area contributed by atoms with Crippen LogP contribution >= 0.6 is 0 Å². The zero-order chi connectivity index (χ0) is 10.2. The third-order valence-electron chi connectivity index (χ3n) is 2.25. The summed E-state index contributed by atoms with van der Waals surface area (Å²) < 4.78 is 0. The first kappa shape index (κ1) is 10.7. The zero-order valence-corrected chi connectivity index (χ0v) is 8.07. The van der Waals surface area contributed by atoms with Gasteiger partial charge < -0.3 is 10.6 Å². The van der Waals surface area contributed by atoms with Gasteiger partial charge in [-0.15, -0.1) is 0 Å². The van der Waals surface area contributed by atoms with E-state index in [1.165, 1.54) is 12.8 Å². The van der Waals surface area contributed by atoms with E-state index in [0.717, 1.165) is 12.8 Å². The highest BCUT2D eigenvalue weighted by Gasteiger charge is 2.16. The maximum absolute atomic E-state index is 11.2. The van der Waals surface area contributed by atoms with Gasteiger partial charge in [-0.1, -0.05) is 18.0 Å². The Balaban J connectivity index is 2.06. The molecule has 0 bridgehead atoms. The van der Waals surface area contributed by atoms with E-state index >= 15 is 0 Å². The Morgan fingerprint density at radius 2 is 2.21 bits per heavy atom. The largest absolute Gasteiger partial charge is 0.338 e. The molecule has 1 fully saturated rings. The van der Waals surface area contributed by atoms with Gasteiger partial charge in [0.05, 0.1) is 0 Å². The number of nitrogens with one attached hydrogen (secondary N) is 2. The van der Waals surface area contributed by atoms with Crippen molar-refractivity contribution in [2.45, 2.75) is 31.7 Å². The quantitative estimate of drug-likeness (QED) is 0.304. The number of carbonyl (C=O) groups is 1. The topological polar surface area (TPSA) is 89.9 Å². The van der Waals surface area contributed by atoms with Gasteiger partial charge in [-0.05, 0) is 18.4 Å². The molecule has 1 aliphatic carbocycles. The highest BCUT2D eigenvalue weighted by Crippen LogP contribution is 2.17. The first-order valence-electron chi connectivity index (χ1n) is 4.88. The maximum Gasteiger partial charge on any atom is 0.315 e. The molecule has 0 aliphatic heterocycles. The number of rotatable bonds is 4.